The number of amides is 1. The van der Waals surface area contributed by atoms with E-state index in [0.717, 1.165) is 0 Å². The van der Waals surface area contributed by atoms with Gasteiger partial charge in [-0.2, -0.15) is 13.2 Å². The van der Waals surface area contributed by atoms with Crippen LogP contribution in [0.5, 0.6) is 17.4 Å². The van der Waals surface area contributed by atoms with Crippen molar-refractivity contribution in [1.82, 2.24) is 4.98 Å². The standard InChI is InChI=1S/C18H20F3N3O4/c1-11(17(25)24-12-4-6-14(26-2)15(8-12)27-3)23-13-5-7-16(22-9-13)28-10-18(19,20)21/h4-9,11,23H,10H2,1-3H3,(H,24,25). The van der Waals surface area contributed by atoms with Gasteiger partial charge in [-0.3, -0.25) is 4.79 Å². The van der Waals surface area contributed by atoms with Crippen LogP contribution < -0.4 is 24.8 Å². The Bertz CT molecular complexity index is 798. The van der Waals surface area contributed by atoms with Crippen molar-refractivity contribution in [3.05, 3.63) is 36.5 Å². The molecule has 7 nitrogen and oxygen atoms in total. The third-order valence-electron chi connectivity index (χ3n) is 3.55. The van der Waals surface area contributed by atoms with Gasteiger partial charge in [0.05, 0.1) is 26.1 Å². The summed E-state index contributed by atoms with van der Waals surface area (Å²) < 4.78 is 51.2. The molecule has 1 aromatic heterocycles. The second-order valence-corrected chi connectivity index (χ2v) is 5.71. The topological polar surface area (TPSA) is 81.7 Å². The number of benzene rings is 1. The highest BCUT2D eigenvalue weighted by atomic mass is 19.4. The Hall–Kier alpha value is -3.17. The van der Waals surface area contributed by atoms with E-state index in [-0.39, 0.29) is 11.8 Å². The summed E-state index contributed by atoms with van der Waals surface area (Å²) in [6, 6.07) is 7.07. The molecule has 28 heavy (non-hydrogen) atoms. The molecule has 1 aromatic carbocycles. The first kappa shape index (κ1) is 21.1. The van der Waals surface area contributed by atoms with Crippen LogP contribution >= 0.6 is 0 Å². The van der Waals surface area contributed by atoms with Crippen LogP contribution in [0.4, 0.5) is 24.5 Å². The number of rotatable bonds is 8. The predicted molar refractivity (Wildman–Crippen MR) is 97.0 cm³/mol. The van der Waals surface area contributed by atoms with E-state index in [4.69, 9.17) is 9.47 Å². The second-order valence-electron chi connectivity index (χ2n) is 5.71. The SMILES string of the molecule is COc1ccc(NC(=O)C(C)Nc2ccc(OCC(F)(F)F)nc2)cc1OC. The smallest absolute Gasteiger partial charge is 0.422 e. The van der Waals surface area contributed by atoms with E-state index < -0.39 is 18.8 Å². The Morgan fingerprint density at radius 2 is 1.79 bits per heavy atom. The number of aromatic nitrogens is 1. The molecule has 0 saturated heterocycles. The van der Waals surface area contributed by atoms with Gasteiger partial charge in [0.2, 0.25) is 11.8 Å². The molecular weight excluding hydrogens is 379 g/mol. The first-order chi connectivity index (χ1) is 13.2. The van der Waals surface area contributed by atoms with Crippen LogP contribution in [0.25, 0.3) is 0 Å². The van der Waals surface area contributed by atoms with Gasteiger partial charge in [0, 0.05) is 17.8 Å². The van der Waals surface area contributed by atoms with Crippen LogP contribution in [0.2, 0.25) is 0 Å². The lowest BCUT2D eigenvalue weighted by Crippen LogP contribution is -2.31. The van der Waals surface area contributed by atoms with Crippen molar-refractivity contribution in [3.8, 4) is 17.4 Å². The lowest BCUT2D eigenvalue weighted by molar-refractivity contribution is -0.154. The molecule has 1 atom stereocenters. The number of anilines is 2. The highest BCUT2D eigenvalue weighted by molar-refractivity contribution is 5.96. The first-order valence-corrected chi connectivity index (χ1v) is 8.17. The van der Waals surface area contributed by atoms with E-state index in [2.05, 4.69) is 20.4 Å². The van der Waals surface area contributed by atoms with E-state index in [1.807, 2.05) is 0 Å². The molecule has 0 bridgehead atoms. The zero-order chi connectivity index (χ0) is 20.7. The van der Waals surface area contributed by atoms with Crippen LogP contribution in [0, 0.1) is 0 Å². The summed E-state index contributed by atoms with van der Waals surface area (Å²) in [6.45, 7) is 0.209. The molecule has 2 N–H and O–H groups in total. The van der Waals surface area contributed by atoms with Crippen molar-refractivity contribution in [2.75, 3.05) is 31.5 Å². The van der Waals surface area contributed by atoms with E-state index >= 15 is 0 Å². The predicted octanol–water partition coefficient (Wildman–Crippen LogP) is 3.48. The van der Waals surface area contributed by atoms with Crippen LogP contribution in [0.1, 0.15) is 6.92 Å². The van der Waals surface area contributed by atoms with Gasteiger partial charge in [0.25, 0.3) is 0 Å². The van der Waals surface area contributed by atoms with Crippen LogP contribution in [0.15, 0.2) is 36.5 Å². The van der Waals surface area contributed by atoms with Gasteiger partial charge >= 0.3 is 6.18 Å². The number of carbonyl (C=O) groups is 1. The Morgan fingerprint density at radius 3 is 2.36 bits per heavy atom. The van der Waals surface area contributed by atoms with Gasteiger partial charge in [0.1, 0.15) is 6.04 Å². The summed E-state index contributed by atoms with van der Waals surface area (Å²) in [5.41, 5.74) is 0.972. The average Bonchev–Trinajstić information content (AvgIpc) is 2.66. The summed E-state index contributed by atoms with van der Waals surface area (Å²) in [5, 5.41) is 5.63. The van der Waals surface area contributed by atoms with E-state index in [1.54, 1.807) is 25.1 Å². The quantitative estimate of drug-likeness (QED) is 0.707. The van der Waals surface area contributed by atoms with E-state index in [0.29, 0.717) is 22.9 Å². The maximum Gasteiger partial charge on any atom is 0.422 e. The third kappa shape index (κ3) is 6.22. The van der Waals surface area contributed by atoms with Crippen molar-refractivity contribution in [2.24, 2.45) is 0 Å². The minimum Gasteiger partial charge on any atom is -0.493 e. The zero-order valence-corrected chi connectivity index (χ0v) is 15.5. The van der Waals surface area contributed by atoms with Crippen molar-refractivity contribution in [3.63, 3.8) is 0 Å². The number of hydrogen-bond donors (Lipinski definition) is 2. The maximum atomic E-state index is 12.3. The Labute approximate surface area is 159 Å². The molecule has 0 fully saturated rings. The van der Waals surface area contributed by atoms with Gasteiger partial charge in [-0.15, -0.1) is 0 Å². The van der Waals surface area contributed by atoms with Gasteiger partial charge in [0.15, 0.2) is 18.1 Å². The molecule has 2 rings (SSSR count). The molecule has 1 unspecified atom stereocenters. The van der Waals surface area contributed by atoms with Crippen molar-refractivity contribution in [1.29, 1.82) is 0 Å². The summed E-state index contributed by atoms with van der Waals surface area (Å²) in [6.07, 6.45) is -3.15. The Balaban J connectivity index is 1.93. The highest BCUT2D eigenvalue weighted by Crippen LogP contribution is 2.29. The summed E-state index contributed by atoms with van der Waals surface area (Å²) in [5.74, 6) is 0.514. The van der Waals surface area contributed by atoms with Crippen molar-refractivity contribution in [2.45, 2.75) is 19.1 Å². The first-order valence-electron chi connectivity index (χ1n) is 8.17. The van der Waals surface area contributed by atoms with Gasteiger partial charge in [-0.05, 0) is 25.1 Å². The second kappa shape index (κ2) is 9.16. The average molecular weight is 399 g/mol. The Morgan fingerprint density at radius 1 is 1.11 bits per heavy atom. The molecule has 0 radical (unpaired) electrons. The molecule has 152 valence electrons. The number of methoxy groups -OCH3 is 2. The molecule has 0 aliphatic rings. The molecule has 2 aromatic rings. The zero-order valence-electron chi connectivity index (χ0n) is 15.5. The fourth-order valence-corrected chi connectivity index (χ4v) is 2.19. The lowest BCUT2D eigenvalue weighted by Gasteiger charge is -2.16. The van der Waals surface area contributed by atoms with Crippen molar-refractivity contribution >= 4 is 17.3 Å². The number of hydrogen-bond acceptors (Lipinski definition) is 6. The summed E-state index contributed by atoms with van der Waals surface area (Å²) in [7, 11) is 3.00. The van der Waals surface area contributed by atoms with Gasteiger partial charge < -0.3 is 24.8 Å². The van der Waals surface area contributed by atoms with Gasteiger partial charge in [-0.1, -0.05) is 0 Å². The number of alkyl halides is 3. The fourth-order valence-electron chi connectivity index (χ4n) is 2.19. The fraction of sp³-hybridized carbons (Fsp3) is 0.333. The number of carbonyl (C=O) groups excluding carboxylic acids is 1. The van der Waals surface area contributed by atoms with Crippen molar-refractivity contribution < 1.29 is 32.2 Å². The number of halogens is 3. The van der Waals surface area contributed by atoms with Crippen LogP contribution in [-0.2, 0) is 4.79 Å². The molecule has 0 saturated carbocycles. The molecule has 0 aliphatic heterocycles. The summed E-state index contributed by atoms with van der Waals surface area (Å²) in [4.78, 5) is 16.1. The number of pyridine rings is 1. The molecule has 0 aliphatic carbocycles. The maximum absolute atomic E-state index is 12.3. The number of nitrogens with zero attached hydrogens (tertiary/aromatic N) is 1. The minimum absolute atomic E-state index is 0.162. The van der Waals surface area contributed by atoms with E-state index in [9.17, 15) is 18.0 Å². The molecule has 0 spiro atoms. The molecule has 1 amide bonds. The summed E-state index contributed by atoms with van der Waals surface area (Å²) >= 11 is 0. The van der Waals surface area contributed by atoms with Crippen LogP contribution in [0.3, 0.4) is 0 Å². The van der Waals surface area contributed by atoms with E-state index in [1.165, 1.54) is 32.5 Å². The minimum atomic E-state index is -4.44. The number of ether oxygens (including phenoxy) is 3. The van der Waals surface area contributed by atoms with Gasteiger partial charge in [-0.25, -0.2) is 4.98 Å². The molecule has 1 heterocycles. The lowest BCUT2D eigenvalue weighted by atomic mass is 10.2. The third-order valence-corrected chi connectivity index (χ3v) is 3.55. The molecular formula is C18H20F3N3O4. The largest absolute Gasteiger partial charge is 0.493 e. The Kier molecular flexibility index (Phi) is 6.91. The normalized spacial score (nSPS) is 12.1. The van der Waals surface area contributed by atoms with Crippen LogP contribution in [-0.4, -0.2) is 43.9 Å². The highest BCUT2D eigenvalue weighted by Gasteiger charge is 2.28. The monoisotopic (exact) mass is 399 g/mol. The molecule has 10 heteroatoms. The number of nitrogens with one attached hydrogen (secondary N) is 2.